The van der Waals surface area contributed by atoms with Crippen LogP contribution in [-0.4, -0.2) is 27.9 Å². The number of benzene rings is 1. The van der Waals surface area contributed by atoms with Crippen LogP contribution in [0.25, 0.3) is 0 Å². The molecule has 3 nitrogen and oxygen atoms in total. The van der Waals surface area contributed by atoms with Crippen molar-refractivity contribution in [2.24, 2.45) is 0 Å². The van der Waals surface area contributed by atoms with E-state index in [0.717, 1.165) is 10.0 Å². The van der Waals surface area contributed by atoms with Gasteiger partial charge in [0.2, 0.25) is 0 Å². The van der Waals surface area contributed by atoms with Crippen molar-refractivity contribution >= 4 is 25.8 Å². The first-order valence-corrected chi connectivity index (χ1v) is 7.09. The van der Waals surface area contributed by atoms with Crippen LogP contribution in [0, 0.1) is 0 Å². The van der Waals surface area contributed by atoms with Crippen molar-refractivity contribution < 1.29 is 13.2 Å². The molecule has 15 heavy (non-hydrogen) atoms. The molecular formula is C10H13BrO3S. The van der Waals surface area contributed by atoms with Crippen LogP contribution in [0.3, 0.4) is 0 Å². The van der Waals surface area contributed by atoms with Gasteiger partial charge in [0, 0.05) is 11.6 Å². The molecule has 0 saturated carbocycles. The first-order valence-electron chi connectivity index (χ1n) is 4.47. The molecule has 0 N–H and O–H groups in total. The van der Waals surface area contributed by atoms with Crippen LogP contribution < -0.4 is 0 Å². The molecule has 0 aliphatic heterocycles. The summed E-state index contributed by atoms with van der Waals surface area (Å²) in [6.45, 7) is 0.249. The van der Waals surface area contributed by atoms with E-state index in [9.17, 15) is 8.42 Å². The van der Waals surface area contributed by atoms with Crippen LogP contribution in [0.15, 0.2) is 28.7 Å². The van der Waals surface area contributed by atoms with E-state index in [1.165, 1.54) is 7.11 Å². The molecular weight excluding hydrogens is 280 g/mol. The van der Waals surface area contributed by atoms with E-state index in [2.05, 4.69) is 15.9 Å². The monoisotopic (exact) mass is 292 g/mol. The van der Waals surface area contributed by atoms with Crippen molar-refractivity contribution in [1.82, 2.24) is 0 Å². The molecule has 0 atom stereocenters. The van der Waals surface area contributed by atoms with Crippen LogP contribution in [0.2, 0.25) is 0 Å². The molecule has 0 amide bonds. The van der Waals surface area contributed by atoms with E-state index in [0.29, 0.717) is 0 Å². The maximum absolute atomic E-state index is 11.6. The Kier molecular flexibility index (Phi) is 4.76. The van der Waals surface area contributed by atoms with Crippen molar-refractivity contribution in [2.45, 2.75) is 5.75 Å². The number of methoxy groups -OCH3 is 1. The first-order chi connectivity index (χ1) is 7.03. The second-order valence-electron chi connectivity index (χ2n) is 3.21. The Morgan fingerprint density at radius 1 is 1.27 bits per heavy atom. The van der Waals surface area contributed by atoms with Crippen molar-refractivity contribution in [2.75, 3.05) is 19.5 Å². The zero-order valence-electron chi connectivity index (χ0n) is 8.44. The fraction of sp³-hybridized carbons (Fsp3) is 0.400. The van der Waals surface area contributed by atoms with Crippen molar-refractivity contribution in [3.05, 3.63) is 34.3 Å². The molecule has 84 valence electrons. The summed E-state index contributed by atoms with van der Waals surface area (Å²) >= 11 is 3.30. The van der Waals surface area contributed by atoms with Gasteiger partial charge < -0.3 is 4.74 Å². The van der Waals surface area contributed by atoms with Gasteiger partial charge >= 0.3 is 0 Å². The molecule has 5 heteroatoms. The quantitative estimate of drug-likeness (QED) is 0.834. The third-order valence-corrected chi connectivity index (χ3v) is 3.99. The molecule has 1 aromatic rings. The zero-order chi connectivity index (χ0) is 11.3. The summed E-state index contributed by atoms with van der Waals surface area (Å²) in [7, 11) is -1.55. The minimum atomic E-state index is -3.05. The lowest BCUT2D eigenvalue weighted by atomic mass is 10.2. The smallest absolute Gasteiger partial charge is 0.156 e. The predicted molar refractivity (Wildman–Crippen MR) is 63.5 cm³/mol. The van der Waals surface area contributed by atoms with Gasteiger partial charge in [-0.15, -0.1) is 0 Å². The van der Waals surface area contributed by atoms with E-state index in [1.54, 1.807) is 12.1 Å². The van der Waals surface area contributed by atoms with E-state index in [-0.39, 0.29) is 18.1 Å². The standard InChI is InChI=1S/C10H13BrO3S/c1-14-6-7-15(12,13)8-9-2-4-10(11)5-3-9/h2-5H,6-8H2,1H3. The van der Waals surface area contributed by atoms with Gasteiger partial charge in [0.25, 0.3) is 0 Å². The molecule has 0 bridgehead atoms. The highest BCUT2D eigenvalue weighted by molar-refractivity contribution is 9.10. The lowest BCUT2D eigenvalue weighted by Crippen LogP contribution is -2.13. The molecule has 0 unspecified atom stereocenters. The molecule has 0 radical (unpaired) electrons. The largest absolute Gasteiger partial charge is 0.384 e. The Bertz CT molecular complexity index is 397. The zero-order valence-corrected chi connectivity index (χ0v) is 10.8. The van der Waals surface area contributed by atoms with E-state index in [4.69, 9.17) is 4.74 Å². The van der Waals surface area contributed by atoms with Gasteiger partial charge in [0.15, 0.2) is 9.84 Å². The van der Waals surface area contributed by atoms with E-state index < -0.39 is 9.84 Å². The number of sulfone groups is 1. The Morgan fingerprint density at radius 2 is 1.87 bits per heavy atom. The normalized spacial score (nSPS) is 11.6. The van der Waals surface area contributed by atoms with E-state index >= 15 is 0 Å². The van der Waals surface area contributed by atoms with E-state index in [1.807, 2.05) is 12.1 Å². The van der Waals surface area contributed by atoms with Gasteiger partial charge in [-0.3, -0.25) is 0 Å². The van der Waals surface area contributed by atoms with Crippen LogP contribution in [0.1, 0.15) is 5.56 Å². The lowest BCUT2D eigenvalue weighted by molar-refractivity contribution is 0.217. The maximum Gasteiger partial charge on any atom is 0.156 e. The van der Waals surface area contributed by atoms with Gasteiger partial charge in [0.1, 0.15) is 0 Å². The minimum Gasteiger partial charge on any atom is -0.384 e. The number of hydrogen-bond donors (Lipinski definition) is 0. The highest BCUT2D eigenvalue weighted by atomic mass is 79.9. The number of ether oxygens (including phenoxy) is 1. The highest BCUT2D eigenvalue weighted by Gasteiger charge is 2.11. The average Bonchev–Trinajstić information content (AvgIpc) is 2.18. The molecule has 0 saturated heterocycles. The fourth-order valence-electron chi connectivity index (χ4n) is 1.12. The summed E-state index contributed by atoms with van der Waals surface area (Å²) in [5, 5.41) is 0. The van der Waals surface area contributed by atoms with Crippen LogP contribution in [0.5, 0.6) is 0 Å². The van der Waals surface area contributed by atoms with Crippen molar-refractivity contribution in [3.8, 4) is 0 Å². The summed E-state index contributed by atoms with van der Waals surface area (Å²) in [6.07, 6.45) is 0. The van der Waals surface area contributed by atoms with Crippen LogP contribution in [0.4, 0.5) is 0 Å². The minimum absolute atomic E-state index is 0.0690. The average molecular weight is 293 g/mol. The molecule has 0 spiro atoms. The highest BCUT2D eigenvalue weighted by Crippen LogP contribution is 2.13. The Labute approximate surface area is 98.5 Å². The first kappa shape index (κ1) is 12.7. The van der Waals surface area contributed by atoms with Gasteiger partial charge in [-0.25, -0.2) is 8.42 Å². The summed E-state index contributed by atoms with van der Waals surface area (Å²) < 4.78 is 28.8. The van der Waals surface area contributed by atoms with Gasteiger partial charge in [-0.2, -0.15) is 0 Å². The summed E-state index contributed by atoms with van der Waals surface area (Å²) in [4.78, 5) is 0. The summed E-state index contributed by atoms with van der Waals surface area (Å²) in [6, 6.07) is 7.27. The second-order valence-corrected chi connectivity index (χ2v) is 6.31. The predicted octanol–water partition coefficient (Wildman–Crippen LogP) is 2.01. The molecule has 0 fully saturated rings. The molecule has 1 rings (SSSR count). The van der Waals surface area contributed by atoms with Crippen LogP contribution >= 0.6 is 15.9 Å². The molecule has 0 aliphatic carbocycles. The SMILES string of the molecule is COCCS(=O)(=O)Cc1ccc(Br)cc1. The van der Waals surface area contributed by atoms with Crippen LogP contribution in [-0.2, 0) is 20.3 Å². The second kappa shape index (κ2) is 5.63. The molecule has 0 heterocycles. The third-order valence-electron chi connectivity index (χ3n) is 1.90. The Hall–Kier alpha value is -0.390. The lowest BCUT2D eigenvalue weighted by Gasteiger charge is -2.03. The number of rotatable bonds is 5. The van der Waals surface area contributed by atoms with Gasteiger partial charge in [-0.1, -0.05) is 28.1 Å². The van der Waals surface area contributed by atoms with Crippen molar-refractivity contribution in [3.63, 3.8) is 0 Å². The Balaban J connectivity index is 2.65. The maximum atomic E-state index is 11.6. The number of halogens is 1. The van der Waals surface area contributed by atoms with Crippen molar-refractivity contribution in [1.29, 1.82) is 0 Å². The summed E-state index contributed by atoms with van der Waals surface area (Å²) in [5.74, 6) is 0.142. The Morgan fingerprint density at radius 3 is 2.40 bits per heavy atom. The topological polar surface area (TPSA) is 43.4 Å². The fourth-order valence-corrected chi connectivity index (χ4v) is 2.65. The summed E-state index contributed by atoms with van der Waals surface area (Å²) in [5.41, 5.74) is 0.800. The van der Waals surface area contributed by atoms with Gasteiger partial charge in [-0.05, 0) is 17.7 Å². The number of hydrogen-bond acceptors (Lipinski definition) is 3. The molecule has 1 aromatic carbocycles. The third kappa shape index (κ3) is 4.77. The molecule has 0 aliphatic rings. The van der Waals surface area contributed by atoms with Gasteiger partial charge in [0.05, 0.1) is 18.1 Å². The molecule has 0 aromatic heterocycles.